The lowest BCUT2D eigenvalue weighted by Gasteiger charge is -2.14. The molecular weight excluding hydrogens is 464 g/mol. The third-order valence-corrected chi connectivity index (χ3v) is 6.72. The lowest BCUT2D eigenvalue weighted by Crippen LogP contribution is -2.17. The molecule has 2 N–H and O–H groups in total. The van der Waals surface area contributed by atoms with E-state index in [1.807, 2.05) is 0 Å². The van der Waals surface area contributed by atoms with Gasteiger partial charge < -0.3 is 10.1 Å². The van der Waals surface area contributed by atoms with Crippen molar-refractivity contribution in [3.05, 3.63) is 87.9 Å². The number of benzene rings is 3. The summed E-state index contributed by atoms with van der Waals surface area (Å²) in [5.74, 6) is -1.06. The zero-order valence-electron chi connectivity index (χ0n) is 18.3. The second kappa shape index (κ2) is 10.1. The molecule has 3 aromatic rings. The van der Waals surface area contributed by atoms with Crippen molar-refractivity contribution in [2.24, 2.45) is 0 Å². The van der Waals surface area contributed by atoms with Crippen molar-refractivity contribution < 1.29 is 22.7 Å². The maximum absolute atomic E-state index is 13.0. The largest absolute Gasteiger partial charge is 0.462 e. The van der Waals surface area contributed by atoms with Crippen LogP contribution in [0.2, 0.25) is 5.02 Å². The van der Waals surface area contributed by atoms with Crippen molar-refractivity contribution in [1.82, 2.24) is 0 Å². The minimum absolute atomic E-state index is 0.0203. The molecule has 33 heavy (non-hydrogen) atoms. The summed E-state index contributed by atoms with van der Waals surface area (Å²) in [7, 11) is -4.05. The normalized spacial score (nSPS) is 11.0. The Hall–Kier alpha value is -3.36. The van der Waals surface area contributed by atoms with Gasteiger partial charge in [0.05, 0.1) is 22.9 Å². The van der Waals surface area contributed by atoms with Gasteiger partial charge in [-0.2, -0.15) is 0 Å². The second-order valence-corrected chi connectivity index (χ2v) is 9.33. The molecule has 0 saturated heterocycles. The molecular formula is C24H23ClN2O5S. The van der Waals surface area contributed by atoms with E-state index in [2.05, 4.69) is 10.0 Å². The van der Waals surface area contributed by atoms with Gasteiger partial charge in [-0.3, -0.25) is 9.52 Å². The second-order valence-electron chi connectivity index (χ2n) is 7.27. The predicted octanol–water partition coefficient (Wildman–Crippen LogP) is 5.19. The maximum atomic E-state index is 13.0. The van der Waals surface area contributed by atoms with E-state index in [1.165, 1.54) is 24.3 Å². The number of hydrogen-bond donors (Lipinski definition) is 2. The molecule has 9 heteroatoms. The number of carbonyl (C=O) groups excluding carboxylic acids is 2. The minimum atomic E-state index is -4.05. The van der Waals surface area contributed by atoms with Crippen LogP contribution in [0.1, 0.15) is 38.8 Å². The van der Waals surface area contributed by atoms with Gasteiger partial charge in [0.1, 0.15) is 4.90 Å². The molecule has 0 radical (unpaired) electrons. The van der Waals surface area contributed by atoms with Crippen molar-refractivity contribution in [2.45, 2.75) is 25.7 Å². The quantitative estimate of drug-likeness (QED) is 0.448. The highest BCUT2D eigenvalue weighted by Crippen LogP contribution is 2.27. The summed E-state index contributed by atoms with van der Waals surface area (Å²) >= 11 is 6.16. The van der Waals surface area contributed by atoms with E-state index in [0.29, 0.717) is 16.9 Å². The molecule has 3 aromatic carbocycles. The molecule has 7 nitrogen and oxygen atoms in total. The Labute approximate surface area is 197 Å². The molecule has 172 valence electrons. The summed E-state index contributed by atoms with van der Waals surface area (Å²) < 4.78 is 33.4. The molecule has 1 amide bonds. The fraction of sp³-hybridized carbons (Fsp3) is 0.167. The molecule has 0 aliphatic rings. The lowest BCUT2D eigenvalue weighted by atomic mass is 10.1. The van der Waals surface area contributed by atoms with Crippen LogP contribution in [0, 0.1) is 13.8 Å². The zero-order chi connectivity index (χ0) is 24.2. The average Bonchev–Trinajstić information content (AvgIpc) is 2.77. The standard InChI is InChI=1S/C24H23ClN2O5S/c1-4-32-24(29)18-10-9-16(3)21(13-18)26-23(28)17-11-12-19(25)22(14-17)33(30,31)27-20-8-6-5-7-15(20)2/h5-14,27H,4H2,1-3H3,(H,26,28). The number of ether oxygens (including phenoxy) is 1. The smallest absolute Gasteiger partial charge is 0.338 e. The Morgan fingerprint density at radius 2 is 1.58 bits per heavy atom. The number of sulfonamides is 1. The van der Waals surface area contributed by atoms with Crippen LogP contribution in [0.15, 0.2) is 65.6 Å². The van der Waals surface area contributed by atoms with E-state index in [-0.39, 0.29) is 22.1 Å². The molecule has 0 spiro atoms. The number of esters is 1. The van der Waals surface area contributed by atoms with Gasteiger partial charge in [-0.05, 0) is 68.3 Å². The molecule has 3 rings (SSSR count). The summed E-state index contributed by atoms with van der Waals surface area (Å²) in [5.41, 5.74) is 2.66. The van der Waals surface area contributed by atoms with Crippen LogP contribution in [0.5, 0.6) is 0 Å². The van der Waals surface area contributed by atoms with Crippen LogP contribution in [-0.4, -0.2) is 26.9 Å². The lowest BCUT2D eigenvalue weighted by molar-refractivity contribution is 0.0526. The first-order chi connectivity index (χ1) is 15.6. The summed E-state index contributed by atoms with van der Waals surface area (Å²) in [6.07, 6.45) is 0. The fourth-order valence-corrected chi connectivity index (χ4v) is 4.69. The van der Waals surface area contributed by atoms with Gasteiger partial charge in [-0.15, -0.1) is 0 Å². The van der Waals surface area contributed by atoms with Crippen LogP contribution in [0.3, 0.4) is 0 Å². The number of anilines is 2. The molecule has 0 atom stereocenters. The zero-order valence-corrected chi connectivity index (χ0v) is 19.9. The van der Waals surface area contributed by atoms with Gasteiger partial charge in [-0.1, -0.05) is 35.9 Å². The monoisotopic (exact) mass is 486 g/mol. The van der Waals surface area contributed by atoms with E-state index in [1.54, 1.807) is 57.2 Å². The first-order valence-corrected chi connectivity index (χ1v) is 12.0. The number of nitrogens with one attached hydrogen (secondary N) is 2. The van der Waals surface area contributed by atoms with Crippen molar-refractivity contribution in [3.63, 3.8) is 0 Å². The number of carbonyl (C=O) groups is 2. The van der Waals surface area contributed by atoms with Crippen LogP contribution < -0.4 is 10.0 Å². The molecule has 0 bridgehead atoms. The predicted molar refractivity (Wildman–Crippen MR) is 129 cm³/mol. The Balaban J connectivity index is 1.89. The van der Waals surface area contributed by atoms with Crippen molar-refractivity contribution in [3.8, 4) is 0 Å². The van der Waals surface area contributed by atoms with Gasteiger partial charge in [0, 0.05) is 11.3 Å². The SMILES string of the molecule is CCOC(=O)c1ccc(C)c(NC(=O)c2ccc(Cl)c(S(=O)(=O)Nc3ccccc3C)c2)c1. The number of halogens is 1. The van der Waals surface area contributed by atoms with Gasteiger partial charge in [0.2, 0.25) is 0 Å². The molecule has 0 saturated carbocycles. The Bertz CT molecular complexity index is 1320. The third-order valence-electron chi connectivity index (χ3n) is 4.87. The van der Waals surface area contributed by atoms with E-state index < -0.39 is 21.9 Å². The summed E-state index contributed by atoms with van der Waals surface area (Å²) in [5, 5.41) is 2.70. The topological polar surface area (TPSA) is 102 Å². The van der Waals surface area contributed by atoms with Crippen molar-refractivity contribution in [1.29, 1.82) is 0 Å². The van der Waals surface area contributed by atoms with Crippen LogP contribution in [-0.2, 0) is 14.8 Å². The van der Waals surface area contributed by atoms with Crippen LogP contribution in [0.25, 0.3) is 0 Å². The third kappa shape index (κ3) is 5.71. The average molecular weight is 487 g/mol. The Morgan fingerprint density at radius 1 is 0.909 bits per heavy atom. The summed E-state index contributed by atoms with van der Waals surface area (Å²) in [4.78, 5) is 24.7. The first-order valence-electron chi connectivity index (χ1n) is 10.1. The van der Waals surface area contributed by atoms with E-state index >= 15 is 0 Å². The van der Waals surface area contributed by atoms with Gasteiger partial charge >= 0.3 is 5.97 Å². The van der Waals surface area contributed by atoms with Crippen molar-refractivity contribution >= 4 is 44.9 Å². The van der Waals surface area contributed by atoms with E-state index in [0.717, 1.165) is 11.1 Å². The van der Waals surface area contributed by atoms with E-state index in [4.69, 9.17) is 16.3 Å². The maximum Gasteiger partial charge on any atom is 0.338 e. The highest BCUT2D eigenvalue weighted by molar-refractivity contribution is 7.92. The minimum Gasteiger partial charge on any atom is -0.462 e. The highest BCUT2D eigenvalue weighted by atomic mass is 35.5. The van der Waals surface area contributed by atoms with Gasteiger partial charge in [0.25, 0.3) is 15.9 Å². The number of amides is 1. The van der Waals surface area contributed by atoms with Crippen molar-refractivity contribution in [2.75, 3.05) is 16.6 Å². The number of aryl methyl sites for hydroxylation is 2. The number of rotatable bonds is 7. The molecule has 0 aliphatic carbocycles. The van der Waals surface area contributed by atoms with Gasteiger partial charge in [0.15, 0.2) is 0 Å². The molecule has 0 fully saturated rings. The highest BCUT2D eigenvalue weighted by Gasteiger charge is 2.21. The molecule has 0 unspecified atom stereocenters. The number of hydrogen-bond acceptors (Lipinski definition) is 5. The fourth-order valence-electron chi connectivity index (χ4n) is 3.03. The van der Waals surface area contributed by atoms with Crippen LogP contribution >= 0.6 is 11.6 Å². The van der Waals surface area contributed by atoms with Gasteiger partial charge in [-0.25, -0.2) is 13.2 Å². The summed E-state index contributed by atoms with van der Waals surface area (Å²) in [6.45, 7) is 5.48. The van der Waals surface area contributed by atoms with Crippen LogP contribution in [0.4, 0.5) is 11.4 Å². The summed E-state index contributed by atoms with van der Waals surface area (Å²) in [6, 6.07) is 15.7. The molecule has 0 heterocycles. The van der Waals surface area contributed by atoms with E-state index in [9.17, 15) is 18.0 Å². The molecule has 0 aliphatic heterocycles. The number of para-hydroxylation sites is 1. The Kier molecular flexibility index (Phi) is 7.40. The Morgan fingerprint density at radius 3 is 2.27 bits per heavy atom. The first kappa shape index (κ1) is 24.3. The molecule has 0 aromatic heterocycles.